The molecule has 1 saturated heterocycles. The standard InChI is InChI=1S/C12H16ClN3O2/c13-2-1-9-14-15-12(18-9)16-5-7-3-6-4-8(7)10(16)11(6)17/h6-8,10-11,17H,1-5H2. The predicted octanol–water partition coefficient (Wildman–Crippen LogP) is 1.06. The van der Waals surface area contributed by atoms with E-state index >= 15 is 0 Å². The molecule has 5 atom stereocenters. The van der Waals surface area contributed by atoms with E-state index in [9.17, 15) is 5.11 Å². The lowest BCUT2D eigenvalue weighted by Gasteiger charge is -2.27. The van der Waals surface area contributed by atoms with Crippen LogP contribution in [0.15, 0.2) is 4.42 Å². The van der Waals surface area contributed by atoms with Crippen LogP contribution in [-0.2, 0) is 6.42 Å². The van der Waals surface area contributed by atoms with Gasteiger partial charge in [0.25, 0.3) is 0 Å². The predicted molar refractivity (Wildman–Crippen MR) is 65.6 cm³/mol. The number of hydrogen-bond acceptors (Lipinski definition) is 5. The first-order valence-corrected chi connectivity index (χ1v) is 7.14. The molecule has 2 saturated carbocycles. The van der Waals surface area contributed by atoms with Crippen LogP contribution in [0.1, 0.15) is 18.7 Å². The van der Waals surface area contributed by atoms with Crippen molar-refractivity contribution in [2.24, 2.45) is 17.8 Å². The van der Waals surface area contributed by atoms with Gasteiger partial charge in [0.05, 0.1) is 12.1 Å². The summed E-state index contributed by atoms with van der Waals surface area (Å²) in [5, 5.41) is 18.4. The quantitative estimate of drug-likeness (QED) is 0.832. The second-order valence-corrected chi connectivity index (χ2v) is 6.08. The highest BCUT2D eigenvalue weighted by Gasteiger charge is 2.59. The molecule has 3 fully saturated rings. The summed E-state index contributed by atoms with van der Waals surface area (Å²) in [6.45, 7) is 0.950. The van der Waals surface area contributed by atoms with Crippen LogP contribution in [0.5, 0.6) is 0 Å². The highest BCUT2D eigenvalue weighted by molar-refractivity contribution is 6.17. The van der Waals surface area contributed by atoms with E-state index < -0.39 is 0 Å². The number of nitrogens with zero attached hydrogens (tertiary/aromatic N) is 3. The number of aliphatic hydroxyl groups excluding tert-OH is 1. The van der Waals surface area contributed by atoms with Gasteiger partial charge in [-0.2, -0.15) is 0 Å². The van der Waals surface area contributed by atoms with Crippen LogP contribution in [-0.4, -0.2) is 39.9 Å². The third-order valence-electron chi connectivity index (χ3n) is 4.86. The number of hydrogen-bond donors (Lipinski definition) is 1. The van der Waals surface area contributed by atoms with Gasteiger partial charge in [0.2, 0.25) is 5.89 Å². The summed E-state index contributed by atoms with van der Waals surface area (Å²) in [7, 11) is 0. The van der Waals surface area contributed by atoms with Crippen molar-refractivity contribution in [2.75, 3.05) is 17.3 Å². The van der Waals surface area contributed by atoms with Crippen LogP contribution in [0.2, 0.25) is 0 Å². The first-order valence-electron chi connectivity index (χ1n) is 6.61. The molecule has 2 aliphatic carbocycles. The number of halogens is 1. The fourth-order valence-electron chi connectivity index (χ4n) is 4.18. The van der Waals surface area contributed by atoms with E-state index in [1.165, 1.54) is 0 Å². The summed E-state index contributed by atoms with van der Waals surface area (Å²) in [6, 6.07) is 0.757. The average molecular weight is 270 g/mol. The lowest BCUT2D eigenvalue weighted by atomic mass is 9.88. The summed E-state index contributed by atoms with van der Waals surface area (Å²) in [4.78, 5) is 2.12. The van der Waals surface area contributed by atoms with Crippen LogP contribution in [0.25, 0.3) is 0 Å². The molecule has 2 bridgehead atoms. The molecule has 1 N–H and O–H groups in total. The molecule has 2 heterocycles. The van der Waals surface area contributed by atoms with Crippen molar-refractivity contribution < 1.29 is 9.52 Å². The second kappa shape index (κ2) is 3.84. The van der Waals surface area contributed by atoms with Gasteiger partial charge in [-0.05, 0) is 30.6 Å². The van der Waals surface area contributed by atoms with Gasteiger partial charge >= 0.3 is 6.01 Å². The Hall–Kier alpha value is -0.810. The van der Waals surface area contributed by atoms with Crippen LogP contribution < -0.4 is 4.90 Å². The summed E-state index contributed by atoms with van der Waals surface area (Å²) in [6.07, 6.45) is 2.69. The van der Waals surface area contributed by atoms with Crippen molar-refractivity contribution in [1.29, 1.82) is 0 Å². The van der Waals surface area contributed by atoms with Gasteiger partial charge < -0.3 is 14.4 Å². The fraction of sp³-hybridized carbons (Fsp3) is 0.833. The third kappa shape index (κ3) is 1.37. The minimum atomic E-state index is -0.225. The van der Waals surface area contributed by atoms with Crippen LogP contribution in [0.3, 0.4) is 0 Å². The van der Waals surface area contributed by atoms with E-state index in [0.29, 0.717) is 42.0 Å². The molecule has 98 valence electrons. The Morgan fingerprint density at radius 3 is 3.00 bits per heavy atom. The Kier molecular flexibility index (Phi) is 2.36. The molecule has 1 aromatic rings. The van der Waals surface area contributed by atoms with Gasteiger partial charge in [0, 0.05) is 18.8 Å². The number of aromatic nitrogens is 2. The molecule has 1 aromatic heterocycles. The average Bonchev–Trinajstić information content (AvgIpc) is 3.02. The minimum Gasteiger partial charge on any atom is -0.408 e. The van der Waals surface area contributed by atoms with Gasteiger partial charge in [-0.3, -0.25) is 0 Å². The number of rotatable bonds is 3. The number of aliphatic hydroxyl groups is 1. The van der Waals surface area contributed by atoms with Crippen molar-refractivity contribution in [1.82, 2.24) is 10.2 Å². The van der Waals surface area contributed by atoms with E-state index in [-0.39, 0.29) is 12.1 Å². The first kappa shape index (κ1) is 11.1. The van der Waals surface area contributed by atoms with Crippen molar-refractivity contribution in [3.8, 4) is 0 Å². The summed E-state index contributed by atoms with van der Waals surface area (Å²) in [5.74, 6) is 2.88. The maximum atomic E-state index is 10.3. The molecule has 0 aromatic carbocycles. The van der Waals surface area contributed by atoms with Crippen LogP contribution >= 0.6 is 11.6 Å². The molecular formula is C12H16ClN3O2. The van der Waals surface area contributed by atoms with E-state index in [1.54, 1.807) is 0 Å². The Morgan fingerprint density at radius 1 is 1.33 bits per heavy atom. The summed E-state index contributed by atoms with van der Waals surface area (Å²) in [5.41, 5.74) is 0. The van der Waals surface area contributed by atoms with Crippen molar-refractivity contribution in [2.45, 2.75) is 31.4 Å². The highest BCUT2D eigenvalue weighted by Crippen LogP contribution is 2.55. The van der Waals surface area contributed by atoms with E-state index in [2.05, 4.69) is 15.1 Å². The number of alkyl halides is 1. The number of fused-ring (bicyclic) bond motifs is 1. The number of anilines is 1. The van der Waals surface area contributed by atoms with Crippen molar-refractivity contribution in [3.05, 3.63) is 5.89 Å². The molecule has 0 spiro atoms. The zero-order chi connectivity index (χ0) is 12.3. The topological polar surface area (TPSA) is 62.4 Å². The molecule has 0 amide bonds. The van der Waals surface area contributed by atoms with Gasteiger partial charge in [-0.25, -0.2) is 0 Å². The normalized spacial score (nSPS) is 41.0. The van der Waals surface area contributed by atoms with Gasteiger partial charge in [-0.15, -0.1) is 16.7 Å². The Labute approximate surface area is 110 Å². The monoisotopic (exact) mass is 269 g/mol. The zero-order valence-corrected chi connectivity index (χ0v) is 10.8. The first-order chi connectivity index (χ1) is 8.78. The van der Waals surface area contributed by atoms with Crippen LogP contribution in [0.4, 0.5) is 6.01 Å². The van der Waals surface area contributed by atoms with Crippen molar-refractivity contribution in [3.63, 3.8) is 0 Å². The molecule has 18 heavy (non-hydrogen) atoms. The third-order valence-corrected chi connectivity index (χ3v) is 5.05. The number of aryl methyl sites for hydroxylation is 1. The zero-order valence-electron chi connectivity index (χ0n) is 10.00. The van der Waals surface area contributed by atoms with E-state index in [1.807, 2.05) is 0 Å². The molecule has 4 rings (SSSR count). The Morgan fingerprint density at radius 2 is 2.22 bits per heavy atom. The largest absolute Gasteiger partial charge is 0.408 e. The lowest BCUT2D eigenvalue weighted by Crippen LogP contribution is -2.40. The lowest BCUT2D eigenvalue weighted by molar-refractivity contribution is 0.0956. The fourth-order valence-corrected chi connectivity index (χ4v) is 4.34. The second-order valence-electron chi connectivity index (χ2n) is 5.71. The maximum absolute atomic E-state index is 10.3. The van der Waals surface area contributed by atoms with E-state index in [0.717, 1.165) is 19.4 Å². The molecule has 6 heteroatoms. The van der Waals surface area contributed by atoms with Gasteiger partial charge in [-0.1, -0.05) is 5.10 Å². The molecule has 3 aliphatic rings. The molecular weight excluding hydrogens is 254 g/mol. The van der Waals surface area contributed by atoms with Gasteiger partial charge in [0.1, 0.15) is 0 Å². The Bertz CT molecular complexity index is 464. The van der Waals surface area contributed by atoms with E-state index in [4.69, 9.17) is 16.0 Å². The molecule has 0 radical (unpaired) electrons. The van der Waals surface area contributed by atoms with Crippen molar-refractivity contribution >= 4 is 17.6 Å². The SMILES string of the molecule is OC1C2CC3CN(c4nnc(CCCl)o4)C1C3C2. The summed E-state index contributed by atoms with van der Waals surface area (Å²) >= 11 is 5.67. The maximum Gasteiger partial charge on any atom is 0.318 e. The van der Waals surface area contributed by atoms with Gasteiger partial charge in [0.15, 0.2) is 0 Å². The highest BCUT2D eigenvalue weighted by atomic mass is 35.5. The molecule has 5 unspecified atom stereocenters. The van der Waals surface area contributed by atoms with Crippen LogP contribution in [0, 0.1) is 17.8 Å². The Balaban J connectivity index is 1.61. The minimum absolute atomic E-state index is 0.193. The molecule has 1 aliphatic heterocycles. The summed E-state index contributed by atoms with van der Waals surface area (Å²) < 4.78 is 5.64. The smallest absolute Gasteiger partial charge is 0.318 e. The molecule has 5 nitrogen and oxygen atoms in total.